The van der Waals surface area contributed by atoms with Crippen LogP contribution in [-0.4, -0.2) is 39.6 Å². The van der Waals surface area contributed by atoms with Gasteiger partial charge in [-0.3, -0.25) is 14.8 Å². The predicted molar refractivity (Wildman–Crippen MR) is 88.8 cm³/mol. The maximum Gasteiger partial charge on any atom is 0.186 e. The molecular formula is C18H20N4O. The maximum atomic E-state index is 13.0. The molecule has 3 heterocycles. The first kappa shape index (κ1) is 14.4. The molecule has 4 rings (SSSR count). The molecule has 2 aliphatic heterocycles. The Morgan fingerprint density at radius 3 is 3.13 bits per heavy atom. The molecule has 0 aliphatic carbocycles. The predicted octanol–water partition coefficient (Wildman–Crippen LogP) is 1.89. The number of fused-ring (bicyclic) bond motifs is 3. The van der Waals surface area contributed by atoms with Gasteiger partial charge in [0, 0.05) is 22.9 Å². The van der Waals surface area contributed by atoms with E-state index in [9.17, 15) is 4.79 Å². The molecule has 2 aliphatic rings. The van der Waals surface area contributed by atoms with Crippen molar-refractivity contribution in [2.45, 2.75) is 37.4 Å². The van der Waals surface area contributed by atoms with Crippen molar-refractivity contribution in [1.29, 1.82) is 0 Å². The fourth-order valence-corrected chi connectivity index (χ4v) is 4.20. The minimum atomic E-state index is -0.348. The number of ketones is 1. The minimum Gasteiger partial charge on any atom is -0.313 e. The summed E-state index contributed by atoms with van der Waals surface area (Å²) in [6, 6.07) is 5.97. The van der Waals surface area contributed by atoms with E-state index in [1.807, 2.05) is 18.2 Å². The second-order valence-corrected chi connectivity index (χ2v) is 6.88. The number of hydrogen-bond acceptors (Lipinski definition) is 4. The molecular weight excluding hydrogens is 288 g/mol. The Kier molecular flexibility index (Phi) is 3.09. The molecule has 3 N–H and O–H groups in total. The van der Waals surface area contributed by atoms with Gasteiger partial charge in [0.1, 0.15) is 5.69 Å². The third-order valence-corrected chi connectivity index (χ3v) is 5.65. The molecule has 2 aromatic rings. The van der Waals surface area contributed by atoms with E-state index >= 15 is 0 Å². The van der Waals surface area contributed by atoms with Gasteiger partial charge < -0.3 is 5.73 Å². The number of carbonyl (C=O) groups is 1. The quantitative estimate of drug-likeness (QED) is 0.656. The lowest BCUT2D eigenvalue weighted by molar-refractivity contribution is 0.0453. The molecule has 0 saturated carbocycles. The van der Waals surface area contributed by atoms with Crippen molar-refractivity contribution in [3.8, 4) is 12.3 Å². The van der Waals surface area contributed by atoms with Crippen molar-refractivity contribution < 1.29 is 4.79 Å². The Balaban J connectivity index is 1.69. The van der Waals surface area contributed by atoms with E-state index in [4.69, 9.17) is 12.2 Å². The zero-order chi connectivity index (χ0) is 16.2. The van der Waals surface area contributed by atoms with Crippen molar-refractivity contribution in [1.82, 2.24) is 15.1 Å². The van der Waals surface area contributed by atoms with Crippen LogP contribution in [0.3, 0.4) is 0 Å². The number of piperidine rings is 1. The van der Waals surface area contributed by atoms with Gasteiger partial charge in [-0.15, -0.1) is 6.42 Å². The molecule has 3 unspecified atom stereocenters. The first-order chi connectivity index (χ1) is 11.0. The molecule has 5 nitrogen and oxygen atoms in total. The largest absolute Gasteiger partial charge is 0.313 e. The number of terminal acetylenes is 1. The van der Waals surface area contributed by atoms with E-state index < -0.39 is 0 Å². The van der Waals surface area contributed by atoms with Crippen LogP contribution >= 0.6 is 0 Å². The van der Waals surface area contributed by atoms with Gasteiger partial charge in [-0.1, -0.05) is 5.92 Å². The highest BCUT2D eigenvalue weighted by molar-refractivity contribution is 6.07. The Morgan fingerprint density at radius 2 is 2.39 bits per heavy atom. The highest BCUT2D eigenvalue weighted by Gasteiger charge is 2.49. The summed E-state index contributed by atoms with van der Waals surface area (Å²) in [4.78, 5) is 15.3. The molecule has 0 radical (unpaired) electrons. The maximum absolute atomic E-state index is 13.0. The SMILES string of the molecule is C#Cc1ccc2[nH]nc(C(=O)C3CC4CCC(N)(C3)N4C)c2c1. The van der Waals surface area contributed by atoms with Crippen molar-refractivity contribution in [3.05, 3.63) is 29.5 Å². The highest BCUT2D eigenvalue weighted by Crippen LogP contribution is 2.43. The lowest BCUT2D eigenvalue weighted by atomic mass is 9.83. The summed E-state index contributed by atoms with van der Waals surface area (Å²) in [5, 5.41) is 8.00. The Morgan fingerprint density at radius 1 is 1.57 bits per heavy atom. The van der Waals surface area contributed by atoms with Gasteiger partial charge in [0.2, 0.25) is 0 Å². The average Bonchev–Trinajstić information content (AvgIpc) is 3.02. The molecule has 5 heteroatoms. The number of nitrogens with two attached hydrogens (primary N) is 1. The number of H-pyrrole nitrogens is 1. The van der Waals surface area contributed by atoms with E-state index in [2.05, 4.69) is 28.1 Å². The Labute approximate surface area is 135 Å². The van der Waals surface area contributed by atoms with Gasteiger partial charge in [0.15, 0.2) is 5.78 Å². The number of nitrogens with zero attached hydrogens (tertiary/aromatic N) is 2. The number of aromatic amines is 1. The number of aromatic nitrogens is 2. The Hall–Kier alpha value is -2.16. The number of nitrogens with one attached hydrogen (secondary N) is 1. The van der Waals surface area contributed by atoms with Crippen LogP contribution in [0, 0.1) is 18.3 Å². The minimum absolute atomic E-state index is 0.0651. The number of rotatable bonds is 2. The standard InChI is InChI=1S/C18H20N4O/c1-3-11-4-5-15-14(8-11)16(21-20-15)17(23)12-9-13-6-7-18(19,10-12)22(13)2/h1,4-5,8,12-13H,6-7,9-10,19H2,2H3,(H,20,21). The van der Waals surface area contributed by atoms with Crippen molar-refractivity contribution in [2.75, 3.05) is 7.05 Å². The first-order valence-electron chi connectivity index (χ1n) is 8.02. The van der Waals surface area contributed by atoms with Crippen molar-refractivity contribution in [2.24, 2.45) is 11.7 Å². The van der Waals surface area contributed by atoms with E-state index in [0.717, 1.165) is 35.7 Å². The lowest BCUT2D eigenvalue weighted by Gasteiger charge is -2.42. The molecule has 2 saturated heterocycles. The number of Topliss-reactive ketones (excluding diaryl/α,β-unsaturated/α-hetero) is 1. The molecule has 0 amide bonds. The van der Waals surface area contributed by atoms with Crippen LogP contribution in [0.5, 0.6) is 0 Å². The Bertz CT molecular complexity index is 833. The van der Waals surface area contributed by atoms with E-state index in [1.54, 1.807) is 0 Å². The summed E-state index contributed by atoms with van der Waals surface area (Å²) in [5.74, 6) is 2.63. The van der Waals surface area contributed by atoms with Crippen LogP contribution in [0.2, 0.25) is 0 Å². The van der Waals surface area contributed by atoms with Gasteiger partial charge >= 0.3 is 0 Å². The number of carbonyl (C=O) groups excluding carboxylic acids is 1. The van der Waals surface area contributed by atoms with E-state index in [-0.39, 0.29) is 17.4 Å². The third kappa shape index (κ3) is 2.10. The summed E-state index contributed by atoms with van der Waals surface area (Å²) < 4.78 is 0. The smallest absolute Gasteiger partial charge is 0.186 e. The molecule has 2 fully saturated rings. The molecule has 118 valence electrons. The first-order valence-corrected chi connectivity index (χ1v) is 8.02. The van der Waals surface area contributed by atoms with Gasteiger partial charge in [-0.25, -0.2) is 0 Å². The third-order valence-electron chi connectivity index (χ3n) is 5.65. The zero-order valence-electron chi connectivity index (χ0n) is 13.2. The monoisotopic (exact) mass is 308 g/mol. The summed E-state index contributed by atoms with van der Waals surface area (Å²) in [7, 11) is 2.07. The number of hydrogen-bond donors (Lipinski definition) is 2. The number of benzene rings is 1. The van der Waals surface area contributed by atoms with Crippen LogP contribution in [0.15, 0.2) is 18.2 Å². The summed E-state index contributed by atoms with van der Waals surface area (Å²) in [6.07, 6.45) is 9.05. The molecule has 23 heavy (non-hydrogen) atoms. The molecule has 1 aromatic carbocycles. The lowest BCUT2D eigenvalue weighted by Crippen LogP contribution is -2.57. The molecule has 3 atom stereocenters. The normalized spacial score (nSPS) is 30.5. The van der Waals surface area contributed by atoms with Crippen molar-refractivity contribution >= 4 is 16.7 Å². The second kappa shape index (κ2) is 4.92. The molecule has 0 spiro atoms. The fraction of sp³-hybridized carbons (Fsp3) is 0.444. The van der Waals surface area contributed by atoms with Gasteiger partial charge in [0.25, 0.3) is 0 Å². The van der Waals surface area contributed by atoms with Crippen LogP contribution in [0.1, 0.15) is 41.7 Å². The van der Waals surface area contributed by atoms with Crippen LogP contribution < -0.4 is 5.73 Å². The van der Waals surface area contributed by atoms with Crippen LogP contribution in [-0.2, 0) is 0 Å². The zero-order valence-corrected chi connectivity index (χ0v) is 13.2. The van der Waals surface area contributed by atoms with Crippen LogP contribution in [0.4, 0.5) is 0 Å². The van der Waals surface area contributed by atoms with Gasteiger partial charge in [-0.05, 0) is 50.9 Å². The molecule has 1 aromatic heterocycles. The highest BCUT2D eigenvalue weighted by atomic mass is 16.1. The molecule has 2 bridgehead atoms. The topological polar surface area (TPSA) is 75.0 Å². The van der Waals surface area contributed by atoms with E-state index in [1.165, 1.54) is 0 Å². The summed E-state index contributed by atoms with van der Waals surface area (Å²) in [5.41, 5.74) is 8.24. The summed E-state index contributed by atoms with van der Waals surface area (Å²) >= 11 is 0. The second-order valence-electron chi connectivity index (χ2n) is 6.88. The average molecular weight is 308 g/mol. The van der Waals surface area contributed by atoms with E-state index in [0.29, 0.717) is 18.2 Å². The fourth-order valence-electron chi connectivity index (χ4n) is 4.20. The van der Waals surface area contributed by atoms with Crippen molar-refractivity contribution in [3.63, 3.8) is 0 Å². The van der Waals surface area contributed by atoms with Crippen LogP contribution in [0.25, 0.3) is 10.9 Å². The van der Waals surface area contributed by atoms with Gasteiger partial charge in [-0.2, -0.15) is 5.10 Å². The van der Waals surface area contributed by atoms with Gasteiger partial charge in [0.05, 0.1) is 11.2 Å². The summed E-state index contributed by atoms with van der Waals surface area (Å²) in [6.45, 7) is 0.